The summed E-state index contributed by atoms with van der Waals surface area (Å²) in [6.45, 7) is 7.65. The topological polar surface area (TPSA) is 105 Å². The quantitative estimate of drug-likeness (QED) is 0.596. The standard InChI is InChI=1S/C15H18N6O3/c1-5-6-19-8(2)9(3)21-11-12(17-14(19)21)18(4)15(24)20(13(11)23)7-10(16)22/h5,11H,1,6-7H2,2-4H3,(H-,16,22)/p+1. The first-order chi connectivity index (χ1) is 11.3. The minimum Gasteiger partial charge on any atom is -0.368 e. The maximum Gasteiger partial charge on any atom is 0.402 e. The lowest BCUT2D eigenvalue weighted by Gasteiger charge is -2.32. The van der Waals surface area contributed by atoms with Gasteiger partial charge < -0.3 is 5.73 Å². The van der Waals surface area contributed by atoms with Crippen molar-refractivity contribution in [1.82, 2.24) is 14.4 Å². The molecule has 2 aliphatic rings. The Kier molecular flexibility index (Phi) is 3.51. The molecular formula is C15H19N6O3+. The van der Waals surface area contributed by atoms with Gasteiger partial charge in [0.05, 0.1) is 6.54 Å². The molecule has 1 aromatic heterocycles. The summed E-state index contributed by atoms with van der Waals surface area (Å²) in [5, 5.41) is 0. The van der Waals surface area contributed by atoms with Crippen LogP contribution < -0.4 is 10.3 Å². The Bertz CT molecular complexity index is 822. The number of nitrogens with two attached hydrogens (primary N) is 1. The van der Waals surface area contributed by atoms with Gasteiger partial charge in [-0.3, -0.25) is 19.4 Å². The van der Waals surface area contributed by atoms with Crippen LogP contribution in [-0.2, 0) is 16.1 Å². The highest BCUT2D eigenvalue weighted by atomic mass is 16.2. The molecule has 0 spiro atoms. The van der Waals surface area contributed by atoms with Crippen molar-refractivity contribution in [2.45, 2.75) is 26.4 Å². The fraction of sp³-hybridized carbons (Fsp3) is 0.400. The smallest absolute Gasteiger partial charge is 0.368 e. The van der Waals surface area contributed by atoms with Crippen molar-refractivity contribution < 1.29 is 19.0 Å². The number of aromatic nitrogens is 2. The molecule has 3 heterocycles. The van der Waals surface area contributed by atoms with E-state index in [9.17, 15) is 14.4 Å². The number of carbonyl (C=O) groups is 3. The molecule has 0 aromatic carbocycles. The van der Waals surface area contributed by atoms with Gasteiger partial charge >= 0.3 is 12.0 Å². The van der Waals surface area contributed by atoms with E-state index < -0.39 is 30.4 Å². The van der Waals surface area contributed by atoms with Crippen molar-refractivity contribution in [2.24, 2.45) is 10.7 Å². The van der Waals surface area contributed by atoms with Gasteiger partial charge in [-0.05, 0) is 13.8 Å². The Morgan fingerprint density at radius 1 is 1.42 bits per heavy atom. The van der Waals surface area contributed by atoms with Crippen molar-refractivity contribution in [3.63, 3.8) is 0 Å². The minimum absolute atomic E-state index is 0.349. The van der Waals surface area contributed by atoms with E-state index in [1.54, 1.807) is 10.6 Å². The van der Waals surface area contributed by atoms with Crippen LogP contribution in [0, 0.1) is 13.8 Å². The van der Waals surface area contributed by atoms with E-state index in [-0.39, 0.29) is 0 Å². The third-order valence-corrected chi connectivity index (χ3v) is 4.45. The summed E-state index contributed by atoms with van der Waals surface area (Å²) >= 11 is 0. The Morgan fingerprint density at radius 3 is 2.67 bits per heavy atom. The first-order valence-electron chi connectivity index (χ1n) is 7.47. The van der Waals surface area contributed by atoms with Gasteiger partial charge in [0.15, 0.2) is 0 Å². The zero-order chi connectivity index (χ0) is 17.8. The fourth-order valence-electron chi connectivity index (χ4n) is 3.15. The predicted molar refractivity (Wildman–Crippen MR) is 84.5 cm³/mol. The van der Waals surface area contributed by atoms with Crippen LogP contribution >= 0.6 is 0 Å². The molecule has 0 radical (unpaired) electrons. The molecule has 4 amide bonds. The van der Waals surface area contributed by atoms with Gasteiger partial charge in [0.2, 0.25) is 17.8 Å². The summed E-state index contributed by atoms with van der Waals surface area (Å²) in [5.74, 6) is -0.315. The third kappa shape index (κ3) is 1.97. The second-order valence-electron chi connectivity index (χ2n) is 5.84. The van der Waals surface area contributed by atoms with Crippen LogP contribution in [0.1, 0.15) is 17.4 Å². The van der Waals surface area contributed by atoms with Crippen molar-refractivity contribution in [1.29, 1.82) is 0 Å². The van der Waals surface area contributed by atoms with Gasteiger partial charge in [-0.15, -0.1) is 0 Å². The highest BCUT2D eigenvalue weighted by molar-refractivity contribution is 6.21. The van der Waals surface area contributed by atoms with Gasteiger partial charge in [-0.25, -0.2) is 13.9 Å². The Balaban J connectivity index is 2.15. The van der Waals surface area contributed by atoms with E-state index in [2.05, 4.69) is 11.6 Å². The molecule has 0 aliphatic carbocycles. The minimum atomic E-state index is -0.771. The molecule has 126 valence electrons. The molecule has 0 saturated carbocycles. The van der Waals surface area contributed by atoms with Gasteiger partial charge in [0, 0.05) is 7.05 Å². The normalized spacial score (nSPS) is 19.3. The van der Waals surface area contributed by atoms with Crippen LogP contribution in [-0.4, -0.2) is 51.6 Å². The number of aliphatic imine (C=N–C) groups is 1. The molecule has 2 N–H and O–H groups in total. The van der Waals surface area contributed by atoms with Crippen LogP contribution in [0.15, 0.2) is 17.6 Å². The van der Waals surface area contributed by atoms with Gasteiger partial charge in [-0.2, -0.15) is 0 Å². The number of urea groups is 1. The number of fused-ring (bicyclic) bond motifs is 3. The number of nitrogens with zero attached hydrogens (tertiary/aromatic N) is 5. The van der Waals surface area contributed by atoms with Gasteiger partial charge in [0.1, 0.15) is 17.9 Å². The highest BCUT2D eigenvalue weighted by Gasteiger charge is 2.54. The molecule has 9 heteroatoms. The number of allylic oxidation sites excluding steroid dienone is 1. The van der Waals surface area contributed by atoms with Crippen LogP contribution in [0.2, 0.25) is 0 Å². The van der Waals surface area contributed by atoms with E-state index in [4.69, 9.17) is 5.73 Å². The molecule has 1 atom stereocenters. The number of hydrogen-bond acceptors (Lipinski definition) is 4. The number of amides is 4. The second-order valence-corrected chi connectivity index (χ2v) is 5.84. The van der Waals surface area contributed by atoms with Crippen LogP contribution in [0.25, 0.3) is 0 Å². The number of imidazole rings is 1. The molecule has 1 aromatic rings. The van der Waals surface area contributed by atoms with Crippen LogP contribution in [0.5, 0.6) is 0 Å². The van der Waals surface area contributed by atoms with Gasteiger partial charge in [-0.1, -0.05) is 17.6 Å². The molecule has 0 bridgehead atoms. The molecule has 2 aliphatic heterocycles. The van der Waals surface area contributed by atoms with Crippen molar-refractivity contribution in [3.8, 4) is 0 Å². The van der Waals surface area contributed by atoms with E-state index in [0.717, 1.165) is 16.3 Å². The number of hydrogen-bond donors (Lipinski definition) is 1. The Morgan fingerprint density at radius 2 is 2.08 bits per heavy atom. The van der Waals surface area contributed by atoms with E-state index in [1.807, 2.05) is 18.4 Å². The number of rotatable bonds is 4. The van der Waals surface area contributed by atoms with E-state index in [0.29, 0.717) is 18.3 Å². The lowest BCUT2D eigenvalue weighted by molar-refractivity contribution is -0.679. The van der Waals surface area contributed by atoms with E-state index >= 15 is 0 Å². The maximum atomic E-state index is 12.8. The third-order valence-electron chi connectivity index (χ3n) is 4.45. The number of primary amides is 1. The summed E-state index contributed by atoms with van der Waals surface area (Å²) < 4.78 is 3.71. The molecule has 24 heavy (non-hydrogen) atoms. The summed E-state index contributed by atoms with van der Waals surface area (Å²) in [7, 11) is 1.53. The zero-order valence-electron chi connectivity index (χ0n) is 13.8. The van der Waals surface area contributed by atoms with Crippen molar-refractivity contribution in [3.05, 3.63) is 24.0 Å². The summed E-state index contributed by atoms with van der Waals surface area (Å²) in [5.41, 5.74) is 6.99. The van der Waals surface area contributed by atoms with Gasteiger partial charge in [0.25, 0.3) is 5.91 Å². The van der Waals surface area contributed by atoms with Crippen LogP contribution in [0.3, 0.4) is 0 Å². The number of carbonyl (C=O) groups excluding carboxylic acids is 3. The molecule has 3 rings (SSSR count). The largest absolute Gasteiger partial charge is 0.402 e. The first kappa shape index (κ1) is 15.9. The average molecular weight is 331 g/mol. The zero-order valence-corrected chi connectivity index (χ0v) is 13.8. The molecule has 1 fully saturated rings. The summed E-state index contributed by atoms with van der Waals surface area (Å²) in [6, 6.07) is -1.38. The maximum absolute atomic E-state index is 12.8. The highest BCUT2D eigenvalue weighted by Crippen LogP contribution is 2.34. The average Bonchev–Trinajstić information content (AvgIpc) is 3.02. The fourth-order valence-corrected chi connectivity index (χ4v) is 3.15. The number of likely N-dealkylation sites (N-methyl/N-ethyl adjacent to an activating group) is 1. The van der Waals surface area contributed by atoms with Crippen LogP contribution in [0.4, 0.5) is 10.7 Å². The monoisotopic (exact) mass is 331 g/mol. The molecule has 1 saturated heterocycles. The Labute approximate surface area is 138 Å². The lowest BCUT2D eigenvalue weighted by Crippen LogP contribution is -2.59. The lowest BCUT2D eigenvalue weighted by atomic mass is 10.1. The number of imide groups is 1. The van der Waals surface area contributed by atoms with Crippen molar-refractivity contribution in [2.75, 3.05) is 13.6 Å². The summed E-state index contributed by atoms with van der Waals surface area (Å²) in [4.78, 5) is 43.1. The summed E-state index contributed by atoms with van der Waals surface area (Å²) in [6.07, 6.45) is 1.74. The molecule has 1 unspecified atom stereocenters. The molecular weight excluding hydrogens is 312 g/mol. The number of amidine groups is 1. The SMILES string of the molecule is C=CC[n+]1c(C)c(C)n2c1N=C1C2C(=O)N(CC(N)=O)C(=O)N1C. The second kappa shape index (κ2) is 5.29. The van der Waals surface area contributed by atoms with E-state index in [1.165, 1.54) is 11.9 Å². The predicted octanol–water partition coefficient (Wildman–Crippen LogP) is -0.458. The molecule has 9 nitrogen and oxygen atoms in total. The van der Waals surface area contributed by atoms with Crippen molar-refractivity contribution >= 4 is 29.6 Å². The first-order valence-corrected chi connectivity index (χ1v) is 7.47. The Hall–Kier alpha value is -2.97.